The summed E-state index contributed by atoms with van der Waals surface area (Å²) in [6.07, 6.45) is 9.62. The third kappa shape index (κ3) is 12.0. The maximum Gasteiger partial charge on any atom is 0.191 e. The van der Waals surface area contributed by atoms with Gasteiger partial charge in [0.25, 0.3) is 0 Å². The first-order chi connectivity index (χ1) is 10.8. The third-order valence-electron chi connectivity index (χ3n) is 4.14. The van der Waals surface area contributed by atoms with E-state index in [1.54, 1.807) is 0 Å². The summed E-state index contributed by atoms with van der Waals surface area (Å²) < 4.78 is 5.75. The van der Waals surface area contributed by atoms with Crippen LogP contribution in [0.1, 0.15) is 51.9 Å². The molecule has 1 saturated heterocycles. The molecule has 0 spiro atoms. The molecule has 0 saturated carbocycles. The Hall–Kier alpha value is -0.0800. The number of hydrogen-bond donors (Lipinski definition) is 2. The molecule has 1 rings (SSSR count). The summed E-state index contributed by atoms with van der Waals surface area (Å²) in [7, 11) is 3.97. The Morgan fingerprint density at radius 2 is 1.83 bits per heavy atom. The number of likely N-dealkylation sites (N-methyl/N-ethyl adjacent to an activating group) is 1. The highest BCUT2D eigenvalue weighted by Crippen LogP contribution is 2.06. The van der Waals surface area contributed by atoms with Gasteiger partial charge < -0.3 is 20.3 Å². The Kier molecular flexibility index (Phi) is 15.4. The van der Waals surface area contributed by atoms with Crippen molar-refractivity contribution in [3.05, 3.63) is 0 Å². The first kappa shape index (κ1) is 22.9. The van der Waals surface area contributed by atoms with Crippen molar-refractivity contribution in [2.75, 3.05) is 46.9 Å². The van der Waals surface area contributed by atoms with Crippen LogP contribution in [0.15, 0.2) is 4.99 Å². The van der Waals surface area contributed by atoms with Crippen LogP contribution in [0.25, 0.3) is 0 Å². The monoisotopic (exact) mass is 440 g/mol. The van der Waals surface area contributed by atoms with E-state index < -0.39 is 0 Å². The van der Waals surface area contributed by atoms with Crippen LogP contribution in [0.2, 0.25) is 0 Å². The molecule has 138 valence electrons. The van der Waals surface area contributed by atoms with E-state index in [1.807, 2.05) is 7.05 Å². The minimum atomic E-state index is 0. The van der Waals surface area contributed by atoms with E-state index in [4.69, 9.17) is 4.74 Å². The normalized spacial score (nSPS) is 19.3. The van der Waals surface area contributed by atoms with Crippen molar-refractivity contribution in [1.29, 1.82) is 0 Å². The van der Waals surface area contributed by atoms with E-state index in [9.17, 15) is 0 Å². The van der Waals surface area contributed by atoms with Crippen molar-refractivity contribution in [2.45, 2.75) is 58.0 Å². The molecule has 0 bridgehead atoms. The Labute approximate surface area is 160 Å². The molecular formula is C17H37IN4O. The maximum atomic E-state index is 5.75. The van der Waals surface area contributed by atoms with Crippen molar-refractivity contribution in [3.8, 4) is 0 Å². The molecule has 1 atom stereocenters. The predicted octanol–water partition coefficient (Wildman–Crippen LogP) is 2.85. The molecule has 1 unspecified atom stereocenters. The van der Waals surface area contributed by atoms with E-state index in [2.05, 4.69) is 34.5 Å². The van der Waals surface area contributed by atoms with Gasteiger partial charge in [-0.1, -0.05) is 45.4 Å². The van der Waals surface area contributed by atoms with Gasteiger partial charge in [0.2, 0.25) is 0 Å². The van der Waals surface area contributed by atoms with Crippen LogP contribution in [0.3, 0.4) is 0 Å². The van der Waals surface area contributed by atoms with Gasteiger partial charge >= 0.3 is 0 Å². The number of aliphatic imine (C=N–C) groups is 1. The molecule has 23 heavy (non-hydrogen) atoms. The molecule has 6 heteroatoms. The summed E-state index contributed by atoms with van der Waals surface area (Å²) >= 11 is 0. The molecule has 1 aliphatic rings. The van der Waals surface area contributed by atoms with Gasteiger partial charge in [-0.15, -0.1) is 24.0 Å². The molecular weight excluding hydrogens is 403 g/mol. The van der Waals surface area contributed by atoms with E-state index >= 15 is 0 Å². The van der Waals surface area contributed by atoms with E-state index in [0.29, 0.717) is 0 Å². The van der Waals surface area contributed by atoms with Gasteiger partial charge in [-0.3, -0.25) is 4.99 Å². The fraction of sp³-hybridized carbons (Fsp3) is 0.941. The van der Waals surface area contributed by atoms with Crippen LogP contribution < -0.4 is 10.6 Å². The molecule has 0 aromatic heterocycles. The molecule has 5 nitrogen and oxygen atoms in total. The molecule has 0 amide bonds. The van der Waals surface area contributed by atoms with Gasteiger partial charge in [0.15, 0.2) is 5.96 Å². The highest BCUT2D eigenvalue weighted by atomic mass is 127. The second-order valence-corrected chi connectivity index (χ2v) is 6.26. The van der Waals surface area contributed by atoms with Gasteiger partial charge in [-0.2, -0.15) is 0 Å². The standard InChI is InChI=1S/C17H36N4O.HI/c1-4-5-6-7-8-9-10-11-19-17(18-2)20-14-16-15-21(3)12-13-22-16;/h16H,4-15H2,1-3H3,(H2,18,19,20);1H. The van der Waals surface area contributed by atoms with Crippen molar-refractivity contribution >= 4 is 29.9 Å². The van der Waals surface area contributed by atoms with Crippen LogP contribution in [0.5, 0.6) is 0 Å². The van der Waals surface area contributed by atoms with E-state index in [-0.39, 0.29) is 30.1 Å². The zero-order chi connectivity index (χ0) is 16.0. The van der Waals surface area contributed by atoms with Gasteiger partial charge in [-0.25, -0.2) is 0 Å². The third-order valence-corrected chi connectivity index (χ3v) is 4.14. The highest BCUT2D eigenvalue weighted by molar-refractivity contribution is 14.0. The fourth-order valence-electron chi connectivity index (χ4n) is 2.71. The van der Waals surface area contributed by atoms with Crippen LogP contribution in [-0.4, -0.2) is 63.8 Å². The zero-order valence-electron chi connectivity index (χ0n) is 15.3. The van der Waals surface area contributed by atoms with E-state index in [1.165, 1.54) is 44.9 Å². The Bertz CT molecular complexity index is 302. The molecule has 1 aliphatic heterocycles. The van der Waals surface area contributed by atoms with Crippen LogP contribution in [-0.2, 0) is 4.74 Å². The highest BCUT2D eigenvalue weighted by Gasteiger charge is 2.17. The summed E-state index contributed by atoms with van der Waals surface area (Å²) in [5, 5.41) is 6.76. The lowest BCUT2D eigenvalue weighted by Crippen LogP contribution is -2.48. The Balaban J connectivity index is 0.00000484. The second kappa shape index (κ2) is 15.4. The quantitative estimate of drug-likeness (QED) is 0.238. The van der Waals surface area contributed by atoms with Gasteiger partial charge in [0, 0.05) is 33.2 Å². The lowest BCUT2D eigenvalue weighted by atomic mass is 10.1. The number of guanidine groups is 1. The summed E-state index contributed by atoms with van der Waals surface area (Å²) in [5.41, 5.74) is 0. The molecule has 0 aromatic carbocycles. The van der Waals surface area contributed by atoms with Gasteiger partial charge in [0.1, 0.15) is 0 Å². The summed E-state index contributed by atoms with van der Waals surface area (Å²) in [6, 6.07) is 0. The molecule has 0 aromatic rings. The van der Waals surface area contributed by atoms with Gasteiger partial charge in [0.05, 0.1) is 12.7 Å². The molecule has 1 heterocycles. The molecule has 2 N–H and O–H groups in total. The number of nitrogens with one attached hydrogen (secondary N) is 2. The van der Waals surface area contributed by atoms with Crippen molar-refractivity contribution < 1.29 is 4.74 Å². The Morgan fingerprint density at radius 3 is 2.48 bits per heavy atom. The lowest BCUT2D eigenvalue weighted by Gasteiger charge is -2.30. The summed E-state index contributed by atoms with van der Waals surface area (Å²) in [4.78, 5) is 6.59. The van der Waals surface area contributed by atoms with E-state index in [0.717, 1.165) is 38.7 Å². The number of morpholine rings is 1. The van der Waals surface area contributed by atoms with Crippen molar-refractivity contribution in [3.63, 3.8) is 0 Å². The number of halogens is 1. The average Bonchev–Trinajstić information content (AvgIpc) is 2.53. The first-order valence-corrected chi connectivity index (χ1v) is 9.01. The molecule has 0 aliphatic carbocycles. The largest absolute Gasteiger partial charge is 0.374 e. The Morgan fingerprint density at radius 1 is 1.13 bits per heavy atom. The average molecular weight is 440 g/mol. The van der Waals surface area contributed by atoms with Crippen LogP contribution in [0, 0.1) is 0 Å². The fourth-order valence-corrected chi connectivity index (χ4v) is 2.71. The number of rotatable bonds is 10. The predicted molar refractivity (Wildman–Crippen MR) is 110 cm³/mol. The van der Waals surface area contributed by atoms with Crippen molar-refractivity contribution in [2.24, 2.45) is 4.99 Å². The molecule has 1 fully saturated rings. The summed E-state index contributed by atoms with van der Waals surface area (Å²) in [6.45, 7) is 6.93. The maximum absolute atomic E-state index is 5.75. The SMILES string of the molecule is CCCCCCCCCNC(=NC)NCC1CN(C)CCO1.I. The lowest BCUT2D eigenvalue weighted by molar-refractivity contribution is -0.0161. The summed E-state index contributed by atoms with van der Waals surface area (Å²) in [5.74, 6) is 0.891. The van der Waals surface area contributed by atoms with Gasteiger partial charge in [-0.05, 0) is 13.5 Å². The minimum Gasteiger partial charge on any atom is -0.374 e. The van der Waals surface area contributed by atoms with Crippen molar-refractivity contribution in [1.82, 2.24) is 15.5 Å². The zero-order valence-corrected chi connectivity index (χ0v) is 17.6. The van der Waals surface area contributed by atoms with Crippen LogP contribution >= 0.6 is 24.0 Å². The molecule has 0 radical (unpaired) electrons. The number of unbranched alkanes of at least 4 members (excludes halogenated alkanes) is 6. The smallest absolute Gasteiger partial charge is 0.191 e. The second-order valence-electron chi connectivity index (χ2n) is 6.26. The first-order valence-electron chi connectivity index (χ1n) is 9.01. The number of ether oxygens (including phenoxy) is 1. The minimum absolute atomic E-state index is 0. The van der Waals surface area contributed by atoms with Crippen LogP contribution in [0.4, 0.5) is 0 Å². The topological polar surface area (TPSA) is 48.9 Å². The number of hydrogen-bond acceptors (Lipinski definition) is 3. The number of nitrogens with zero attached hydrogens (tertiary/aromatic N) is 2.